The van der Waals surface area contributed by atoms with Gasteiger partial charge in [-0.15, -0.1) is 0 Å². The maximum atomic E-state index is 5.64. The number of ether oxygens (including phenoxy) is 1. The summed E-state index contributed by atoms with van der Waals surface area (Å²) in [5, 5.41) is 0. The topological polar surface area (TPSA) is 9.23 Å². The SMILES string of the molecule is C[CH]C1CCC2OCCC2C1. The lowest BCUT2D eigenvalue weighted by atomic mass is 9.78. The van der Waals surface area contributed by atoms with Crippen molar-refractivity contribution in [2.45, 2.75) is 38.7 Å². The summed E-state index contributed by atoms with van der Waals surface area (Å²) in [6.45, 7) is 3.21. The van der Waals surface area contributed by atoms with Crippen LogP contribution in [0.1, 0.15) is 32.6 Å². The second-order valence-corrected chi connectivity index (χ2v) is 3.86. The zero-order valence-corrected chi connectivity index (χ0v) is 7.25. The lowest BCUT2D eigenvalue weighted by molar-refractivity contribution is 0.0559. The monoisotopic (exact) mass is 153 g/mol. The van der Waals surface area contributed by atoms with Crippen molar-refractivity contribution in [1.82, 2.24) is 0 Å². The van der Waals surface area contributed by atoms with Gasteiger partial charge in [0.15, 0.2) is 0 Å². The predicted molar refractivity (Wildman–Crippen MR) is 45.2 cm³/mol. The molecule has 0 aromatic heterocycles. The van der Waals surface area contributed by atoms with Crippen LogP contribution in [0.5, 0.6) is 0 Å². The van der Waals surface area contributed by atoms with Gasteiger partial charge in [0.05, 0.1) is 6.10 Å². The third kappa shape index (κ3) is 1.44. The molecule has 0 spiro atoms. The Hall–Kier alpha value is -0.0400. The van der Waals surface area contributed by atoms with E-state index in [1.807, 2.05) is 0 Å². The van der Waals surface area contributed by atoms with Gasteiger partial charge in [-0.1, -0.05) is 6.92 Å². The molecule has 2 rings (SSSR count). The Balaban J connectivity index is 1.91. The average molecular weight is 153 g/mol. The largest absolute Gasteiger partial charge is 0.378 e. The van der Waals surface area contributed by atoms with Crippen molar-refractivity contribution in [2.75, 3.05) is 6.61 Å². The molecule has 1 radical (unpaired) electrons. The van der Waals surface area contributed by atoms with Crippen LogP contribution in [0, 0.1) is 18.3 Å². The van der Waals surface area contributed by atoms with Gasteiger partial charge >= 0.3 is 0 Å². The Morgan fingerprint density at radius 3 is 3.00 bits per heavy atom. The minimum atomic E-state index is 0.631. The van der Waals surface area contributed by atoms with Crippen LogP contribution in [-0.4, -0.2) is 12.7 Å². The minimum Gasteiger partial charge on any atom is -0.378 e. The summed E-state index contributed by atoms with van der Waals surface area (Å²) in [6, 6.07) is 0. The van der Waals surface area contributed by atoms with E-state index in [1.54, 1.807) is 0 Å². The van der Waals surface area contributed by atoms with Gasteiger partial charge in [-0.2, -0.15) is 0 Å². The minimum absolute atomic E-state index is 0.631. The standard InChI is InChI=1S/C10H17O/c1-2-8-3-4-10-9(7-8)5-6-11-10/h2,8-10H,3-7H2,1H3. The molecule has 0 N–H and O–H groups in total. The molecule has 11 heavy (non-hydrogen) atoms. The molecule has 0 aromatic rings. The summed E-state index contributed by atoms with van der Waals surface area (Å²) in [7, 11) is 0. The van der Waals surface area contributed by atoms with E-state index >= 15 is 0 Å². The summed E-state index contributed by atoms with van der Waals surface area (Å²) in [5.74, 6) is 1.78. The van der Waals surface area contributed by atoms with Gasteiger partial charge in [-0.05, 0) is 43.9 Å². The van der Waals surface area contributed by atoms with Crippen LogP contribution in [0.3, 0.4) is 0 Å². The van der Waals surface area contributed by atoms with Gasteiger partial charge in [0.1, 0.15) is 0 Å². The third-order valence-corrected chi connectivity index (χ3v) is 3.25. The Morgan fingerprint density at radius 2 is 2.18 bits per heavy atom. The van der Waals surface area contributed by atoms with Crippen LogP contribution in [-0.2, 0) is 4.74 Å². The molecule has 3 atom stereocenters. The average Bonchev–Trinajstić information content (AvgIpc) is 2.50. The molecule has 1 nitrogen and oxygen atoms in total. The van der Waals surface area contributed by atoms with E-state index in [0.717, 1.165) is 18.4 Å². The van der Waals surface area contributed by atoms with E-state index in [2.05, 4.69) is 13.3 Å². The summed E-state index contributed by atoms with van der Waals surface area (Å²) in [4.78, 5) is 0. The fourth-order valence-corrected chi connectivity index (χ4v) is 2.47. The summed E-state index contributed by atoms with van der Waals surface area (Å²) < 4.78 is 5.64. The molecule has 1 aliphatic carbocycles. The van der Waals surface area contributed by atoms with Crippen molar-refractivity contribution >= 4 is 0 Å². The first-order valence-electron chi connectivity index (χ1n) is 4.81. The fourth-order valence-electron chi connectivity index (χ4n) is 2.47. The predicted octanol–water partition coefficient (Wildman–Crippen LogP) is 2.42. The first-order chi connectivity index (χ1) is 5.40. The fraction of sp³-hybridized carbons (Fsp3) is 0.900. The maximum Gasteiger partial charge on any atom is 0.0604 e. The number of fused-ring (bicyclic) bond motifs is 1. The van der Waals surface area contributed by atoms with Gasteiger partial charge in [-0.25, -0.2) is 0 Å². The molecule has 2 fully saturated rings. The van der Waals surface area contributed by atoms with Crippen molar-refractivity contribution in [3.63, 3.8) is 0 Å². The quantitative estimate of drug-likeness (QED) is 0.562. The molecule has 1 saturated carbocycles. The van der Waals surface area contributed by atoms with Crippen LogP contribution in [0.2, 0.25) is 0 Å². The molecule has 2 aliphatic rings. The molecule has 0 amide bonds. The molecule has 3 unspecified atom stereocenters. The number of hydrogen-bond acceptors (Lipinski definition) is 1. The lowest BCUT2D eigenvalue weighted by Gasteiger charge is -2.29. The van der Waals surface area contributed by atoms with Crippen molar-refractivity contribution in [3.05, 3.63) is 6.42 Å². The molecule has 1 aliphatic heterocycles. The maximum absolute atomic E-state index is 5.64. The second-order valence-electron chi connectivity index (χ2n) is 3.86. The molecule has 0 bridgehead atoms. The molecular formula is C10H17O. The van der Waals surface area contributed by atoms with Crippen LogP contribution >= 0.6 is 0 Å². The van der Waals surface area contributed by atoms with E-state index < -0.39 is 0 Å². The molecular weight excluding hydrogens is 136 g/mol. The highest BCUT2D eigenvalue weighted by molar-refractivity contribution is 4.87. The first kappa shape index (κ1) is 7.60. The Morgan fingerprint density at radius 1 is 1.27 bits per heavy atom. The summed E-state index contributed by atoms with van der Waals surface area (Å²) >= 11 is 0. The molecule has 1 heteroatoms. The highest BCUT2D eigenvalue weighted by Crippen LogP contribution is 2.37. The Labute approximate surface area is 69.1 Å². The van der Waals surface area contributed by atoms with Gasteiger partial charge in [0, 0.05) is 6.61 Å². The van der Waals surface area contributed by atoms with Crippen LogP contribution in [0.4, 0.5) is 0 Å². The molecule has 0 aromatic carbocycles. The Kier molecular flexibility index (Phi) is 2.17. The van der Waals surface area contributed by atoms with E-state index in [9.17, 15) is 0 Å². The zero-order chi connectivity index (χ0) is 7.68. The van der Waals surface area contributed by atoms with Gasteiger partial charge < -0.3 is 4.74 Å². The van der Waals surface area contributed by atoms with Crippen molar-refractivity contribution < 1.29 is 4.74 Å². The van der Waals surface area contributed by atoms with Crippen LogP contribution in [0.25, 0.3) is 0 Å². The zero-order valence-electron chi connectivity index (χ0n) is 7.25. The number of rotatable bonds is 1. The van der Waals surface area contributed by atoms with Crippen LogP contribution < -0.4 is 0 Å². The van der Waals surface area contributed by atoms with Gasteiger partial charge in [-0.3, -0.25) is 0 Å². The first-order valence-corrected chi connectivity index (χ1v) is 4.81. The molecule has 1 heterocycles. The van der Waals surface area contributed by atoms with Gasteiger partial charge in [0.25, 0.3) is 0 Å². The van der Waals surface area contributed by atoms with Crippen LogP contribution in [0.15, 0.2) is 0 Å². The van der Waals surface area contributed by atoms with E-state index in [-0.39, 0.29) is 0 Å². The molecule has 63 valence electrons. The summed E-state index contributed by atoms with van der Waals surface area (Å²) in [6.07, 6.45) is 8.37. The Bertz CT molecular complexity index is 133. The number of hydrogen-bond donors (Lipinski definition) is 0. The van der Waals surface area contributed by atoms with E-state index in [0.29, 0.717) is 6.10 Å². The summed E-state index contributed by atoms with van der Waals surface area (Å²) in [5.41, 5.74) is 0. The highest BCUT2D eigenvalue weighted by Gasteiger charge is 2.33. The van der Waals surface area contributed by atoms with E-state index in [4.69, 9.17) is 4.74 Å². The van der Waals surface area contributed by atoms with Crippen molar-refractivity contribution in [3.8, 4) is 0 Å². The van der Waals surface area contributed by atoms with Crippen molar-refractivity contribution in [1.29, 1.82) is 0 Å². The smallest absolute Gasteiger partial charge is 0.0604 e. The van der Waals surface area contributed by atoms with Crippen molar-refractivity contribution in [2.24, 2.45) is 11.8 Å². The normalized spacial score (nSPS) is 43.9. The highest BCUT2D eigenvalue weighted by atomic mass is 16.5. The third-order valence-electron chi connectivity index (χ3n) is 3.25. The second kappa shape index (κ2) is 3.14. The lowest BCUT2D eigenvalue weighted by Crippen LogP contribution is -2.25. The van der Waals surface area contributed by atoms with Gasteiger partial charge in [0.2, 0.25) is 0 Å². The molecule has 1 saturated heterocycles. The van der Waals surface area contributed by atoms with E-state index in [1.165, 1.54) is 25.7 Å².